The molecule has 5 aromatic rings. The minimum atomic E-state index is -0.313. The third-order valence-electron chi connectivity index (χ3n) is 4.39. The molecule has 2 heterocycles. The van der Waals surface area contributed by atoms with Gasteiger partial charge >= 0.3 is 68.9 Å². The van der Waals surface area contributed by atoms with Crippen LogP contribution in [0.3, 0.4) is 0 Å². The molecular weight excluding hydrogens is 458 g/mol. The van der Waals surface area contributed by atoms with Gasteiger partial charge in [-0.15, -0.1) is 11.3 Å². The molecule has 0 aliphatic carbocycles. The number of pyridine rings is 1. The van der Waals surface area contributed by atoms with Crippen LogP contribution >= 0.6 is 20.7 Å². The van der Waals surface area contributed by atoms with E-state index in [1.807, 2.05) is 36.4 Å². The van der Waals surface area contributed by atoms with Gasteiger partial charge in [0.15, 0.2) is 0 Å². The van der Waals surface area contributed by atoms with E-state index in [1.165, 1.54) is 4.70 Å². The Kier molecular flexibility index (Phi) is 4.43. The van der Waals surface area contributed by atoms with Gasteiger partial charge in [0.25, 0.3) is 0 Å². The second kappa shape index (κ2) is 6.18. The molecule has 2 aromatic heterocycles. The Morgan fingerprint density at radius 1 is 0.708 bits per heavy atom. The molecule has 110 valence electrons. The Balaban J connectivity index is 0.00000146. The molecule has 24 heavy (non-hydrogen) atoms. The standard InChI is InChI=1S/C18H9NO2PS.Cs/c20-17-11-6-5-10-9-3-1-2-4-13(9)23-14-8-7-12(15(11)16(10)14)18(21)19(17)22;/h1-8,22H;/q-1;+1. The van der Waals surface area contributed by atoms with Gasteiger partial charge in [-0.25, -0.2) is 0 Å². The predicted octanol–water partition coefficient (Wildman–Crippen LogP) is 1.23. The Morgan fingerprint density at radius 2 is 1.33 bits per heavy atom. The van der Waals surface area contributed by atoms with E-state index in [0.717, 1.165) is 30.6 Å². The molecule has 0 N–H and O–H groups in total. The Morgan fingerprint density at radius 3 is 2.08 bits per heavy atom. The minimum absolute atomic E-state index is 0. The van der Waals surface area contributed by atoms with E-state index in [-0.39, 0.29) is 80.0 Å². The summed E-state index contributed by atoms with van der Waals surface area (Å²) in [7, 11) is 3.13. The Bertz CT molecular complexity index is 1340. The fourth-order valence-electron chi connectivity index (χ4n) is 3.36. The van der Waals surface area contributed by atoms with Crippen molar-refractivity contribution < 1.29 is 68.9 Å². The zero-order chi connectivity index (χ0) is 15.7. The van der Waals surface area contributed by atoms with Crippen molar-refractivity contribution in [2.24, 2.45) is 0 Å². The normalized spacial score (nSPS) is 11.5. The van der Waals surface area contributed by atoms with Crippen LogP contribution in [0, 0.1) is 0 Å². The van der Waals surface area contributed by atoms with Crippen molar-refractivity contribution in [2.75, 3.05) is 0 Å². The molecule has 0 unspecified atom stereocenters. The maximum absolute atomic E-state index is 12.4. The van der Waals surface area contributed by atoms with E-state index in [0.29, 0.717) is 10.8 Å². The predicted molar refractivity (Wildman–Crippen MR) is 99.8 cm³/mol. The fourth-order valence-corrected chi connectivity index (χ4v) is 4.72. The minimum Gasteiger partial charge on any atom is -0.435 e. The van der Waals surface area contributed by atoms with Gasteiger partial charge in [0, 0.05) is 30.9 Å². The second-order valence-electron chi connectivity index (χ2n) is 5.57. The average Bonchev–Trinajstić information content (AvgIpc) is 2.59. The smallest absolute Gasteiger partial charge is 0.435 e. The maximum atomic E-state index is 12.4. The molecule has 0 aliphatic heterocycles. The molecule has 0 saturated carbocycles. The number of nitrogens with zero attached hydrogens (tertiary/aromatic N) is 1. The van der Waals surface area contributed by atoms with Gasteiger partial charge in [-0.1, -0.05) is 24.3 Å². The third kappa shape index (κ3) is 2.24. The van der Waals surface area contributed by atoms with Crippen LogP contribution in [0.25, 0.3) is 41.7 Å². The van der Waals surface area contributed by atoms with Crippen molar-refractivity contribution in [2.45, 2.75) is 0 Å². The summed E-state index contributed by atoms with van der Waals surface area (Å²) < 4.78 is 3.28. The van der Waals surface area contributed by atoms with Crippen molar-refractivity contribution in [1.82, 2.24) is 4.34 Å². The first-order valence-corrected chi connectivity index (χ1v) is 8.40. The molecule has 3 nitrogen and oxygen atoms in total. The van der Waals surface area contributed by atoms with Crippen LogP contribution in [0.4, 0.5) is 0 Å². The van der Waals surface area contributed by atoms with Crippen molar-refractivity contribution in [1.29, 1.82) is 0 Å². The van der Waals surface area contributed by atoms with Gasteiger partial charge in [0.1, 0.15) is 0 Å². The van der Waals surface area contributed by atoms with Gasteiger partial charge in [-0.2, -0.15) is 0 Å². The van der Waals surface area contributed by atoms with Gasteiger partial charge < -0.3 is 13.7 Å². The zero-order valence-corrected chi connectivity index (χ0v) is 20.9. The van der Waals surface area contributed by atoms with E-state index >= 15 is 0 Å². The van der Waals surface area contributed by atoms with Crippen molar-refractivity contribution in [3.63, 3.8) is 0 Å². The summed E-state index contributed by atoms with van der Waals surface area (Å²) in [5, 5.41) is 5.13. The molecular formula is C18H9CsNO2PS. The number of fused-ring (bicyclic) bond motifs is 2. The van der Waals surface area contributed by atoms with E-state index in [1.54, 1.807) is 11.3 Å². The zero-order valence-electron chi connectivity index (χ0n) is 12.8. The van der Waals surface area contributed by atoms with Crippen molar-refractivity contribution >= 4 is 62.4 Å². The van der Waals surface area contributed by atoms with Crippen LogP contribution in [-0.2, 0) is 0 Å². The SMILES string of the molecule is O=c1c2ccc3sc4ccccc4c4ccc(c(=O)n1[PH-])c2c34.[Cs+]. The van der Waals surface area contributed by atoms with Crippen molar-refractivity contribution in [3.8, 4) is 0 Å². The van der Waals surface area contributed by atoms with E-state index in [2.05, 4.69) is 21.5 Å². The van der Waals surface area contributed by atoms with E-state index in [9.17, 15) is 9.59 Å². The molecule has 5 rings (SSSR count). The maximum Gasteiger partial charge on any atom is 1.00 e. The third-order valence-corrected chi connectivity index (χ3v) is 5.93. The Labute approximate surface area is 201 Å². The summed E-state index contributed by atoms with van der Waals surface area (Å²) in [5.74, 6) is 0. The van der Waals surface area contributed by atoms with Crippen LogP contribution < -0.4 is 80.0 Å². The van der Waals surface area contributed by atoms with E-state index < -0.39 is 0 Å². The summed E-state index contributed by atoms with van der Waals surface area (Å²) in [6.07, 6.45) is 0. The molecule has 0 fully saturated rings. The van der Waals surface area contributed by atoms with Gasteiger partial charge in [0.05, 0.1) is 0 Å². The number of hydrogen-bond donors (Lipinski definition) is 0. The van der Waals surface area contributed by atoms with Gasteiger partial charge in [0.2, 0.25) is 11.1 Å². The number of hydrogen-bond acceptors (Lipinski definition) is 3. The first-order chi connectivity index (χ1) is 11.2. The number of benzene rings is 3. The summed E-state index contributed by atoms with van der Waals surface area (Å²) in [5.41, 5.74) is -0.626. The summed E-state index contributed by atoms with van der Waals surface area (Å²) in [6, 6.07) is 15.8. The quantitative estimate of drug-likeness (QED) is 0.195. The van der Waals surface area contributed by atoms with Crippen LogP contribution in [0.5, 0.6) is 0 Å². The monoisotopic (exact) mass is 467 g/mol. The molecule has 3 aromatic carbocycles. The molecule has 0 amide bonds. The van der Waals surface area contributed by atoms with Gasteiger partial charge in [-0.3, -0.25) is 9.59 Å². The summed E-state index contributed by atoms with van der Waals surface area (Å²) in [6.45, 7) is 0. The van der Waals surface area contributed by atoms with Crippen LogP contribution in [0.2, 0.25) is 0 Å². The number of rotatable bonds is 0. The number of aromatic nitrogens is 1. The largest absolute Gasteiger partial charge is 1.00 e. The first-order valence-electron chi connectivity index (χ1n) is 7.14. The summed E-state index contributed by atoms with van der Waals surface area (Å²) >= 11 is 1.68. The molecule has 0 spiro atoms. The van der Waals surface area contributed by atoms with Crippen LogP contribution in [0.15, 0.2) is 58.1 Å². The van der Waals surface area contributed by atoms with Crippen molar-refractivity contribution in [3.05, 3.63) is 69.2 Å². The molecule has 0 atom stereocenters. The first kappa shape index (κ1) is 17.2. The van der Waals surface area contributed by atoms with Crippen LogP contribution in [-0.4, -0.2) is 4.34 Å². The van der Waals surface area contributed by atoms with E-state index in [4.69, 9.17) is 0 Å². The summed E-state index contributed by atoms with van der Waals surface area (Å²) in [4.78, 5) is 24.9. The fraction of sp³-hybridized carbons (Fsp3) is 0. The van der Waals surface area contributed by atoms with Gasteiger partial charge in [-0.05, 0) is 35.0 Å². The second-order valence-corrected chi connectivity index (χ2v) is 7.10. The molecule has 6 heteroatoms. The Hall–Kier alpha value is -0.238. The van der Waals surface area contributed by atoms with Crippen LogP contribution in [0.1, 0.15) is 0 Å². The molecule has 0 radical (unpaired) electrons. The molecule has 0 saturated heterocycles. The topological polar surface area (TPSA) is 39.1 Å². The average molecular weight is 467 g/mol. The molecule has 0 bridgehead atoms. The molecule has 0 aliphatic rings.